The topological polar surface area (TPSA) is 96.4 Å². The Morgan fingerprint density at radius 3 is 2.80 bits per heavy atom. The lowest BCUT2D eigenvalue weighted by Crippen LogP contribution is -2.29. The third kappa shape index (κ3) is 3.25. The Hall–Kier alpha value is -2.00. The lowest BCUT2D eigenvalue weighted by Gasteiger charge is -2.14. The van der Waals surface area contributed by atoms with Crippen molar-refractivity contribution in [3.63, 3.8) is 0 Å². The van der Waals surface area contributed by atoms with Gasteiger partial charge in [0.25, 0.3) is 0 Å². The smallest absolute Gasteiger partial charge is 0.231 e. The van der Waals surface area contributed by atoms with Crippen LogP contribution in [0.5, 0.6) is 0 Å². The lowest BCUT2D eigenvalue weighted by atomic mass is 10.1. The zero-order valence-electron chi connectivity index (χ0n) is 13.6. The third-order valence-corrected chi connectivity index (χ3v) is 6.58. The average Bonchev–Trinajstić information content (AvgIpc) is 3.17. The van der Waals surface area contributed by atoms with E-state index >= 15 is 0 Å². The van der Waals surface area contributed by atoms with Gasteiger partial charge in [0.05, 0.1) is 21.0 Å². The summed E-state index contributed by atoms with van der Waals surface area (Å²) in [6, 6.07) is 5.02. The van der Waals surface area contributed by atoms with Crippen molar-refractivity contribution in [2.75, 3.05) is 18.1 Å². The van der Waals surface area contributed by atoms with Crippen molar-refractivity contribution in [3.05, 3.63) is 18.2 Å². The maximum atomic E-state index is 12.4. The number of carbonyl (C=O) groups is 2. The van der Waals surface area contributed by atoms with Crippen molar-refractivity contribution >= 4 is 48.3 Å². The first-order chi connectivity index (χ1) is 11.8. The number of aromatic nitrogens is 1. The molecule has 9 heteroatoms. The van der Waals surface area contributed by atoms with Crippen LogP contribution in [0.2, 0.25) is 0 Å². The van der Waals surface area contributed by atoms with Gasteiger partial charge < -0.3 is 10.2 Å². The quantitative estimate of drug-likeness (QED) is 0.871. The van der Waals surface area contributed by atoms with Crippen LogP contribution in [0.1, 0.15) is 19.3 Å². The van der Waals surface area contributed by atoms with E-state index in [1.807, 2.05) is 0 Å². The van der Waals surface area contributed by atoms with Gasteiger partial charge >= 0.3 is 0 Å². The minimum atomic E-state index is -3.29. The molecule has 1 aromatic heterocycles. The van der Waals surface area contributed by atoms with Crippen LogP contribution in [0.25, 0.3) is 10.2 Å². The van der Waals surface area contributed by atoms with E-state index in [0.29, 0.717) is 27.9 Å². The number of rotatable bonds is 4. The number of hydrogen-bond donors (Lipinski definition) is 1. The molecule has 2 fully saturated rings. The molecule has 25 heavy (non-hydrogen) atoms. The summed E-state index contributed by atoms with van der Waals surface area (Å²) in [6.07, 6.45) is 3.45. The molecule has 1 aliphatic carbocycles. The number of nitrogens with one attached hydrogen (secondary N) is 1. The number of thiazole rings is 1. The monoisotopic (exact) mass is 379 g/mol. The van der Waals surface area contributed by atoms with Gasteiger partial charge in [-0.1, -0.05) is 11.3 Å². The second kappa shape index (κ2) is 5.77. The highest BCUT2D eigenvalue weighted by molar-refractivity contribution is 7.90. The van der Waals surface area contributed by atoms with Gasteiger partial charge in [-0.2, -0.15) is 0 Å². The SMILES string of the molecule is CS(=O)(=O)c1ccc2nc(NC(=O)C3CC(=O)N(C4CC4)C3)sc2c1. The summed E-state index contributed by atoms with van der Waals surface area (Å²) in [6.45, 7) is 0.471. The molecule has 2 aromatic rings. The molecule has 2 aliphatic rings. The van der Waals surface area contributed by atoms with Crippen LogP contribution in [0, 0.1) is 5.92 Å². The van der Waals surface area contributed by atoms with E-state index in [2.05, 4.69) is 10.3 Å². The first-order valence-electron chi connectivity index (χ1n) is 8.02. The highest BCUT2D eigenvalue weighted by Gasteiger charge is 2.41. The summed E-state index contributed by atoms with van der Waals surface area (Å²) in [4.78, 5) is 30.8. The van der Waals surface area contributed by atoms with Crippen molar-refractivity contribution in [1.29, 1.82) is 0 Å². The number of hydrogen-bond acceptors (Lipinski definition) is 6. The fraction of sp³-hybridized carbons (Fsp3) is 0.438. The Balaban J connectivity index is 1.50. The lowest BCUT2D eigenvalue weighted by molar-refractivity contribution is -0.128. The molecule has 7 nitrogen and oxygen atoms in total. The average molecular weight is 379 g/mol. The van der Waals surface area contributed by atoms with E-state index in [0.717, 1.165) is 19.1 Å². The molecule has 0 bridgehead atoms. The second-order valence-electron chi connectivity index (χ2n) is 6.59. The largest absolute Gasteiger partial charge is 0.339 e. The van der Waals surface area contributed by atoms with Crippen molar-refractivity contribution in [2.24, 2.45) is 5.92 Å². The number of carbonyl (C=O) groups excluding carboxylic acids is 2. The molecule has 1 saturated carbocycles. The summed E-state index contributed by atoms with van der Waals surface area (Å²) < 4.78 is 24.0. The van der Waals surface area contributed by atoms with Gasteiger partial charge in [0.2, 0.25) is 11.8 Å². The van der Waals surface area contributed by atoms with Gasteiger partial charge in [0.1, 0.15) is 0 Å². The minimum Gasteiger partial charge on any atom is -0.339 e. The van der Waals surface area contributed by atoms with Crippen LogP contribution >= 0.6 is 11.3 Å². The predicted molar refractivity (Wildman–Crippen MR) is 94.2 cm³/mol. The number of likely N-dealkylation sites (tertiary alicyclic amines) is 1. The number of fused-ring (bicyclic) bond motifs is 1. The third-order valence-electron chi connectivity index (χ3n) is 4.54. The van der Waals surface area contributed by atoms with E-state index < -0.39 is 9.84 Å². The molecule has 0 spiro atoms. The number of benzene rings is 1. The summed E-state index contributed by atoms with van der Waals surface area (Å²) in [5.74, 6) is -0.518. The van der Waals surface area contributed by atoms with E-state index in [9.17, 15) is 18.0 Å². The van der Waals surface area contributed by atoms with Crippen LogP contribution in [0.15, 0.2) is 23.1 Å². The first kappa shape index (κ1) is 16.5. The number of anilines is 1. The normalized spacial score (nSPS) is 21.1. The van der Waals surface area contributed by atoms with Crippen molar-refractivity contribution in [2.45, 2.75) is 30.2 Å². The maximum absolute atomic E-state index is 12.4. The Bertz CT molecular complexity index is 978. The molecule has 2 heterocycles. The van der Waals surface area contributed by atoms with E-state index in [-0.39, 0.29) is 29.0 Å². The molecule has 1 aromatic carbocycles. The number of nitrogens with zero attached hydrogens (tertiary/aromatic N) is 2. The van der Waals surface area contributed by atoms with Gasteiger partial charge in [0.15, 0.2) is 15.0 Å². The molecule has 132 valence electrons. The van der Waals surface area contributed by atoms with Crippen LogP contribution in [0.4, 0.5) is 5.13 Å². The van der Waals surface area contributed by atoms with Gasteiger partial charge in [-0.3, -0.25) is 9.59 Å². The summed E-state index contributed by atoms with van der Waals surface area (Å²) >= 11 is 1.23. The Morgan fingerprint density at radius 2 is 2.12 bits per heavy atom. The van der Waals surface area contributed by atoms with Gasteiger partial charge in [0, 0.05) is 25.3 Å². The molecule has 1 aliphatic heterocycles. The number of amides is 2. The fourth-order valence-electron chi connectivity index (χ4n) is 3.04. The predicted octanol–water partition coefficient (Wildman–Crippen LogP) is 1.65. The van der Waals surface area contributed by atoms with Crippen molar-refractivity contribution in [1.82, 2.24) is 9.88 Å². The molecule has 1 atom stereocenters. The summed E-state index contributed by atoms with van der Waals surface area (Å²) in [7, 11) is -3.29. The van der Waals surface area contributed by atoms with E-state index in [4.69, 9.17) is 0 Å². The van der Waals surface area contributed by atoms with Crippen molar-refractivity contribution in [3.8, 4) is 0 Å². The number of sulfone groups is 1. The molecular weight excluding hydrogens is 362 g/mol. The molecule has 1 saturated heterocycles. The molecule has 2 amide bonds. The zero-order chi connectivity index (χ0) is 17.8. The zero-order valence-corrected chi connectivity index (χ0v) is 15.2. The fourth-order valence-corrected chi connectivity index (χ4v) is 4.67. The molecule has 0 radical (unpaired) electrons. The maximum Gasteiger partial charge on any atom is 0.231 e. The van der Waals surface area contributed by atoms with Crippen LogP contribution < -0.4 is 5.32 Å². The Kier molecular flexibility index (Phi) is 3.80. The molecule has 1 N–H and O–H groups in total. The molecule has 4 rings (SSSR count). The van der Waals surface area contributed by atoms with Crippen LogP contribution in [-0.2, 0) is 19.4 Å². The Morgan fingerprint density at radius 1 is 1.36 bits per heavy atom. The van der Waals surface area contributed by atoms with Crippen molar-refractivity contribution < 1.29 is 18.0 Å². The second-order valence-corrected chi connectivity index (χ2v) is 9.63. The highest BCUT2D eigenvalue weighted by Crippen LogP contribution is 2.33. The summed E-state index contributed by atoms with van der Waals surface area (Å²) in [5.41, 5.74) is 0.634. The van der Waals surface area contributed by atoms with Gasteiger partial charge in [-0.05, 0) is 31.0 Å². The first-order valence-corrected chi connectivity index (χ1v) is 10.7. The standard InChI is InChI=1S/C16H17N3O4S2/c1-25(22,23)11-4-5-12-13(7-11)24-16(17-12)18-15(21)9-6-14(20)19(8-9)10-2-3-10/h4-5,7,9-10H,2-3,6,8H2,1H3,(H,17,18,21). The summed E-state index contributed by atoms with van der Waals surface area (Å²) in [5, 5.41) is 3.19. The Labute approximate surface area is 149 Å². The molecular formula is C16H17N3O4S2. The van der Waals surface area contributed by atoms with Crippen LogP contribution in [-0.4, -0.2) is 49.0 Å². The van der Waals surface area contributed by atoms with E-state index in [1.54, 1.807) is 17.0 Å². The highest BCUT2D eigenvalue weighted by atomic mass is 32.2. The van der Waals surface area contributed by atoms with Crippen LogP contribution in [0.3, 0.4) is 0 Å². The van der Waals surface area contributed by atoms with Gasteiger partial charge in [-0.15, -0.1) is 0 Å². The molecule has 1 unspecified atom stereocenters. The van der Waals surface area contributed by atoms with E-state index in [1.165, 1.54) is 17.4 Å². The minimum absolute atomic E-state index is 0.0461. The van der Waals surface area contributed by atoms with Gasteiger partial charge in [-0.25, -0.2) is 13.4 Å².